The van der Waals surface area contributed by atoms with Crippen molar-refractivity contribution in [2.45, 2.75) is 57.5 Å². The number of ether oxygens (including phenoxy) is 3. The number of amides is 1. The summed E-state index contributed by atoms with van der Waals surface area (Å²) < 4.78 is 16.5. The van der Waals surface area contributed by atoms with Crippen LogP contribution >= 0.6 is 0 Å². The number of carbonyl (C=O) groups is 3. The Kier molecular flexibility index (Phi) is 9.44. The Labute approximate surface area is 164 Å². The van der Waals surface area contributed by atoms with Gasteiger partial charge in [0.25, 0.3) is 0 Å². The third-order valence-corrected chi connectivity index (χ3v) is 4.23. The van der Waals surface area contributed by atoms with Crippen molar-refractivity contribution in [1.82, 2.24) is 5.32 Å². The van der Waals surface area contributed by atoms with Gasteiger partial charge in [0.1, 0.15) is 18.8 Å². The van der Waals surface area contributed by atoms with Crippen molar-refractivity contribution in [3.63, 3.8) is 0 Å². The summed E-state index contributed by atoms with van der Waals surface area (Å²) >= 11 is 0. The topological polar surface area (TPSA) is 111 Å². The minimum absolute atomic E-state index is 0.0348. The molecule has 1 heterocycles. The van der Waals surface area contributed by atoms with Crippen molar-refractivity contribution in [2.24, 2.45) is 0 Å². The van der Waals surface area contributed by atoms with E-state index in [4.69, 9.17) is 19.3 Å². The molecule has 1 unspecified atom stereocenters. The van der Waals surface area contributed by atoms with Crippen molar-refractivity contribution in [2.75, 3.05) is 13.2 Å². The van der Waals surface area contributed by atoms with Gasteiger partial charge in [0.15, 0.2) is 6.29 Å². The summed E-state index contributed by atoms with van der Waals surface area (Å²) in [5.41, 5.74) is 0.882. The monoisotopic (exact) mass is 393 g/mol. The molecule has 0 bridgehead atoms. The summed E-state index contributed by atoms with van der Waals surface area (Å²) in [6.45, 7) is 1.01. The van der Waals surface area contributed by atoms with Gasteiger partial charge in [-0.25, -0.2) is 4.79 Å². The first-order valence-corrected chi connectivity index (χ1v) is 9.48. The molecule has 0 aliphatic carbocycles. The molecule has 28 heavy (non-hydrogen) atoms. The van der Waals surface area contributed by atoms with E-state index in [1.54, 1.807) is 0 Å². The second kappa shape index (κ2) is 12.1. The highest BCUT2D eigenvalue weighted by atomic mass is 16.7. The zero-order chi connectivity index (χ0) is 20.2. The standard InChI is InChI=1S/C20H27NO7/c22-16(13-18(23)24)12-17(28-19-8-4-5-11-26-19)9-10-21-20(25)27-14-15-6-2-1-3-7-15/h1-3,6-7,17,19H,4-5,8-14H2,(H,21,25)(H,23,24)/t17-,19?/m1/s1. The molecule has 2 N–H and O–H groups in total. The normalized spacial score (nSPS) is 17.5. The fraction of sp³-hybridized carbons (Fsp3) is 0.550. The summed E-state index contributed by atoms with van der Waals surface area (Å²) in [5.74, 6) is -1.58. The van der Waals surface area contributed by atoms with Gasteiger partial charge >= 0.3 is 12.1 Å². The summed E-state index contributed by atoms with van der Waals surface area (Å²) in [6.07, 6.45) is 0.966. The molecule has 0 radical (unpaired) electrons. The van der Waals surface area contributed by atoms with E-state index in [1.165, 1.54) is 0 Å². The Hall–Kier alpha value is -2.45. The van der Waals surface area contributed by atoms with Crippen molar-refractivity contribution in [3.05, 3.63) is 35.9 Å². The third kappa shape index (κ3) is 8.96. The molecule has 1 aliphatic rings. The first-order valence-electron chi connectivity index (χ1n) is 9.48. The van der Waals surface area contributed by atoms with Crippen LogP contribution < -0.4 is 5.32 Å². The number of alkyl carbamates (subject to hydrolysis) is 1. The number of Topliss-reactive ketones (excluding diaryl/α,β-unsaturated/α-hetero) is 1. The molecule has 0 spiro atoms. The van der Waals surface area contributed by atoms with Crippen LogP contribution in [0.25, 0.3) is 0 Å². The first kappa shape index (κ1) is 21.8. The van der Waals surface area contributed by atoms with E-state index in [0.717, 1.165) is 24.8 Å². The highest BCUT2D eigenvalue weighted by Gasteiger charge is 2.23. The number of hydrogen-bond donors (Lipinski definition) is 2. The minimum Gasteiger partial charge on any atom is -0.481 e. The van der Waals surface area contributed by atoms with Crippen molar-refractivity contribution < 1.29 is 33.7 Å². The number of rotatable bonds is 11. The van der Waals surface area contributed by atoms with Crippen LogP contribution in [0.1, 0.15) is 44.1 Å². The van der Waals surface area contributed by atoms with E-state index in [2.05, 4.69) is 5.32 Å². The first-order chi connectivity index (χ1) is 13.5. The molecule has 8 nitrogen and oxygen atoms in total. The molecule has 1 saturated heterocycles. The summed E-state index contributed by atoms with van der Waals surface area (Å²) in [6, 6.07) is 9.32. The molecule has 8 heteroatoms. The molecule has 2 rings (SSSR count). The second-order valence-electron chi connectivity index (χ2n) is 6.64. The lowest BCUT2D eigenvalue weighted by Gasteiger charge is -2.27. The van der Waals surface area contributed by atoms with Gasteiger partial charge in [-0.1, -0.05) is 30.3 Å². The molecule has 1 aromatic carbocycles. The predicted octanol–water partition coefficient (Wildman–Crippen LogP) is 2.65. The number of benzene rings is 1. The van der Waals surface area contributed by atoms with E-state index in [1.807, 2.05) is 30.3 Å². The molecule has 0 aromatic heterocycles. The lowest BCUT2D eigenvalue weighted by Crippen LogP contribution is -2.33. The van der Waals surface area contributed by atoms with Crippen LogP contribution in [0.2, 0.25) is 0 Å². The van der Waals surface area contributed by atoms with E-state index in [-0.39, 0.29) is 19.6 Å². The molecule has 2 atom stereocenters. The lowest BCUT2D eigenvalue weighted by molar-refractivity contribution is -0.190. The molecular formula is C20H27NO7. The van der Waals surface area contributed by atoms with Gasteiger partial charge < -0.3 is 24.6 Å². The number of carboxylic acids is 1. The highest BCUT2D eigenvalue weighted by Crippen LogP contribution is 2.18. The molecule has 1 aliphatic heterocycles. The van der Waals surface area contributed by atoms with Gasteiger partial charge in [0.2, 0.25) is 0 Å². The van der Waals surface area contributed by atoms with Crippen LogP contribution in [-0.4, -0.2) is 48.5 Å². The number of hydrogen-bond acceptors (Lipinski definition) is 6. The van der Waals surface area contributed by atoms with Gasteiger partial charge in [0.05, 0.1) is 6.10 Å². The molecule has 1 aromatic rings. The van der Waals surface area contributed by atoms with Crippen LogP contribution in [0.5, 0.6) is 0 Å². The Morgan fingerprint density at radius 3 is 2.68 bits per heavy atom. The van der Waals surface area contributed by atoms with E-state index in [0.29, 0.717) is 13.0 Å². The third-order valence-electron chi connectivity index (χ3n) is 4.23. The average Bonchev–Trinajstić information content (AvgIpc) is 2.67. The molecule has 154 valence electrons. The summed E-state index contributed by atoms with van der Waals surface area (Å²) in [7, 11) is 0. The number of ketones is 1. The maximum atomic E-state index is 11.8. The number of aliphatic carboxylic acids is 1. The van der Waals surface area contributed by atoms with Gasteiger partial charge in [-0.3, -0.25) is 9.59 Å². The van der Waals surface area contributed by atoms with Gasteiger partial charge in [-0.05, 0) is 31.2 Å². The van der Waals surface area contributed by atoms with Gasteiger partial charge in [0, 0.05) is 19.6 Å². The quantitative estimate of drug-likeness (QED) is 0.556. The van der Waals surface area contributed by atoms with Crippen LogP contribution in [0.15, 0.2) is 30.3 Å². The Morgan fingerprint density at radius 2 is 2.00 bits per heavy atom. The maximum absolute atomic E-state index is 11.8. The Balaban J connectivity index is 1.75. The largest absolute Gasteiger partial charge is 0.481 e. The summed E-state index contributed by atoms with van der Waals surface area (Å²) in [4.78, 5) is 34.4. The zero-order valence-electron chi connectivity index (χ0n) is 15.8. The van der Waals surface area contributed by atoms with Crippen molar-refractivity contribution >= 4 is 17.8 Å². The van der Waals surface area contributed by atoms with E-state index >= 15 is 0 Å². The van der Waals surface area contributed by atoms with Crippen LogP contribution in [0, 0.1) is 0 Å². The highest BCUT2D eigenvalue weighted by molar-refractivity contribution is 5.94. The van der Waals surface area contributed by atoms with Crippen LogP contribution in [0.4, 0.5) is 4.79 Å². The fourth-order valence-electron chi connectivity index (χ4n) is 2.86. The predicted molar refractivity (Wildman–Crippen MR) is 99.6 cm³/mol. The fourth-order valence-corrected chi connectivity index (χ4v) is 2.86. The minimum atomic E-state index is -1.17. The smallest absolute Gasteiger partial charge is 0.407 e. The van der Waals surface area contributed by atoms with Crippen molar-refractivity contribution in [1.29, 1.82) is 0 Å². The lowest BCUT2D eigenvalue weighted by atomic mass is 10.1. The number of nitrogens with one attached hydrogen (secondary N) is 1. The van der Waals surface area contributed by atoms with E-state index in [9.17, 15) is 14.4 Å². The van der Waals surface area contributed by atoms with Gasteiger partial charge in [-0.2, -0.15) is 0 Å². The molecular weight excluding hydrogens is 366 g/mol. The molecule has 1 fully saturated rings. The van der Waals surface area contributed by atoms with E-state index < -0.39 is 36.7 Å². The molecule has 1 amide bonds. The number of carboxylic acid groups (broad SMARTS) is 1. The zero-order valence-corrected chi connectivity index (χ0v) is 15.8. The van der Waals surface area contributed by atoms with Crippen molar-refractivity contribution in [3.8, 4) is 0 Å². The SMILES string of the molecule is O=C(O)CC(=O)C[C@@H](CCNC(=O)OCc1ccccc1)OC1CCCCO1. The Morgan fingerprint density at radius 1 is 1.21 bits per heavy atom. The Bertz CT molecular complexity index is 629. The van der Waals surface area contributed by atoms with Crippen LogP contribution in [-0.2, 0) is 30.4 Å². The van der Waals surface area contributed by atoms with Gasteiger partial charge in [-0.15, -0.1) is 0 Å². The number of carbonyl (C=O) groups excluding carboxylic acids is 2. The molecule has 0 saturated carbocycles. The summed E-state index contributed by atoms with van der Waals surface area (Å²) in [5, 5.41) is 11.4. The average molecular weight is 393 g/mol. The van der Waals surface area contributed by atoms with Crippen LogP contribution in [0.3, 0.4) is 0 Å². The second-order valence-corrected chi connectivity index (χ2v) is 6.64. The maximum Gasteiger partial charge on any atom is 0.407 e.